The molecule has 1 saturated heterocycles. The zero-order chi connectivity index (χ0) is 9.31. The summed E-state index contributed by atoms with van der Waals surface area (Å²) in [5, 5.41) is 3.39. The van der Waals surface area contributed by atoms with E-state index in [1.165, 1.54) is 6.42 Å². The smallest absolute Gasteiger partial charge is 0.103 e. The molecule has 0 saturated carbocycles. The minimum Gasteiger partial charge on any atom is -0.379 e. The Hall–Kier alpha value is -0.570. The van der Waals surface area contributed by atoms with Gasteiger partial charge in [-0.25, -0.2) is 0 Å². The fraction of sp³-hybridized carbons (Fsp3) is 0.900. The van der Waals surface area contributed by atoms with Crippen LogP contribution in [0.5, 0.6) is 0 Å². The zero-order valence-corrected chi connectivity index (χ0v) is 8.47. The Bertz CT molecular complexity index is 217. The van der Waals surface area contributed by atoms with Crippen LogP contribution in [0.25, 0.3) is 0 Å². The van der Waals surface area contributed by atoms with Crippen molar-refractivity contribution in [3.8, 4) is 0 Å². The second-order valence-electron chi connectivity index (χ2n) is 4.39. The average molecular weight is 182 g/mol. The lowest BCUT2D eigenvalue weighted by Gasteiger charge is -2.29. The first-order valence-corrected chi connectivity index (χ1v) is 5.13. The highest BCUT2D eigenvalue weighted by molar-refractivity contribution is 5.86. The molecule has 2 rings (SSSR count). The molecule has 0 aromatic rings. The number of nitrogens with one attached hydrogen (secondary N) is 1. The van der Waals surface area contributed by atoms with E-state index in [0.29, 0.717) is 5.92 Å². The third-order valence-corrected chi connectivity index (χ3v) is 2.80. The molecule has 0 aromatic carbocycles. The summed E-state index contributed by atoms with van der Waals surface area (Å²) < 4.78 is 5.49. The Balaban J connectivity index is 2.08. The van der Waals surface area contributed by atoms with Crippen LogP contribution in [0.15, 0.2) is 4.99 Å². The number of amidine groups is 1. The number of nitrogens with zero attached hydrogens (tertiary/aromatic N) is 1. The van der Waals surface area contributed by atoms with E-state index in [-0.39, 0.29) is 5.54 Å². The van der Waals surface area contributed by atoms with Crippen LogP contribution in [0.4, 0.5) is 0 Å². The third-order valence-electron chi connectivity index (χ3n) is 2.80. The van der Waals surface area contributed by atoms with Gasteiger partial charge in [0.15, 0.2) is 0 Å². The van der Waals surface area contributed by atoms with Gasteiger partial charge in [0, 0.05) is 19.1 Å². The molecule has 2 aliphatic heterocycles. The summed E-state index contributed by atoms with van der Waals surface area (Å²) >= 11 is 0. The lowest BCUT2D eigenvalue weighted by Crippen LogP contribution is -2.40. The zero-order valence-electron chi connectivity index (χ0n) is 8.47. The molecule has 1 spiro atoms. The van der Waals surface area contributed by atoms with Gasteiger partial charge >= 0.3 is 0 Å². The van der Waals surface area contributed by atoms with E-state index in [4.69, 9.17) is 9.73 Å². The van der Waals surface area contributed by atoms with Gasteiger partial charge in [0.2, 0.25) is 0 Å². The van der Waals surface area contributed by atoms with Crippen LogP contribution in [0.1, 0.15) is 26.7 Å². The van der Waals surface area contributed by atoms with Crippen molar-refractivity contribution in [3.05, 3.63) is 0 Å². The molecule has 0 bridgehead atoms. The summed E-state index contributed by atoms with van der Waals surface area (Å²) in [7, 11) is 0. The minimum atomic E-state index is 0.0812. The third kappa shape index (κ3) is 1.70. The summed E-state index contributed by atoms with van der Waals surface area (Å²) in [6, 6.07) is 0. The van der Waals surface area contributed by atoms with Crippen LogP contribution in [-0.2, 0) is 4.74 Å². The Labute approximate surface area is 79.6 Å². The molecule has 0 aromatic heterocycles. The van der Waals surface area contributed by atoms with E-state index in [9.17, 15) is 0 Å². The van der Waals surface area contributed by atoms with Crippen molar-refractivity contribution in [1.29, 1.82) is 0 Å². The molecular formula is C10H18N2O. The second kappa shape index (κ2) is 3.29. The van der Waals surface area contributed by atoms with Gasteiger partial charge in [0.1, 0.15) is 5.54 Å². The molecule has 0 amide bonds. The molecular weight excluding hydrogens is 164 g/mol. The fourth-order valence-electron chi connectivity index (χ4n) is 1.99. The molecule has 1 N–H and O–H groups in total. The second-order valence-corrected chi connectivity index (χ2v) is 4.39. The largest absolute Gasteiger partial charge is 0.379 e. The molecule has 0 aliphatic carbocycles. The van der Waals surface area contributed by atoms with Crippen LogP contribution >= 0.6 is 0 Å². The number of ether oxygens (including phenoxy) is 1. The summed E-state index contributed by atoms with van der Waals surface area (Å²) in [5.74, 6) is 1.67. The maximum atomic E-state index is 5.49. The van der Waals surface area contributed by atoms with E-state index in [0.717, 1.165) is 32.0 Å². The molecule has 1 atom stereocenters. The fourth-order valence-corrected chi connectivity index (χ4v) is 1.99. The topological polar surface area (TPSA) is 33.6 Å². The quantitative estimate of drug-likeness (QED) is 0.661. The minimum absolute atomic E-state index is 0.0812. The first kappa shape index (κ1) is 9.00. The lowest BCUT2D eigenvalue weighted by atomic mass is 9.94. The molecule has 1 unspecified atom stereocenters. The monoisotopic (exact) mass is 182 g/mol. The van der Waals surface area contributed by atoms with Crippen molar-refractivity contribution in [1.82, 2.24) is 5.32 Å². The van der Waals surface area contributed by atoms with Crippen molar-refractivity contribution < 1.29 is 4.74 Å². The van der Waals surface area contributed by atoms with E-state index in [1.807, 2.05) is 0 Å². The van der Waals surface area contributed by atoms with E-state index >= 15 is 0 Å². The van der Waals surface area contributed by atoms with E-state index in [2.05, 4.69) is 19.2 Å². The number of hydrogen-bond acceptors (Lipinski definition) is 3. The summed E-state index contributed by atoms with van der Waals surface area (Å²) in [6.07, 6.45) is 2.33. The first-order valence-electron chi connectivity index (χ1n) is 5.13. The maximum absolute atomic E-state index is 5.49. The number of aliphatic imine (C=N–C) groups is 1. The summed E-state index contributed by atoms with van der Waals surface area (Å²) in [6.45, 7) is 7.04. The molecule has 74 valence electrons. The molecule has 3 heteroatoms. The van der Waals surface area contributed by atoms with Crippen LogP contribution < -0.4 is 5.32 Å². The normalized spacial score (nSPS) is 33.6. The van der Waals surface area contributed by atoms with Gasteiger partial charge < -0.3 is 10.1 Å². The van der Waals surface area contributed by atoms with Gasteiger partial charge in [-0.15, -0.1) is 0 Å². The van der Waals surface area contributed by atoms with Crippen molar-refractivity contribution in [3.63, 3.8) is 0 Å². The van der Waals surface area contributed by atoms with Gasteiger partial charge in [-0.05, 0) is 12.8 Å². The predicted octanol–water partition coefficient (Wildman–Crippen LogP) is 1.19. The Morgan fingerprint density at radius 3 is 2.92 bits per heavy atom. The van der Waals surface area contributed by atoms with Crippen molar-refractivity contribution in [2.75, 3.05) is 19.8 Å². The van der Waals surface area contributed by atoms with Crippen molar-refractivity contribution in [2.24, 2.45) is 10.9 Å². The Morgan fingerprint density at radius 1 is 1.54 bits per heavy atom. The van der Waals surface area contributed by atoms with Crippen molar-refractivity contribution >= 4 is 5.84 Å². The molecule has 1 fully saturated rings. The summed E-state index contributed by atoms with van der Waals surface area (Å²) in [5.41, 5.74) is 0.0812. The highest BCUT2D eigenvalue weighted by Gasteiger charge is 2.37. The highest BCUT2D eigenvalue weighted by atomic mass is 16.5. The van der Waals surface area contributed by atoms with E-state index < -0.39 is 0 Å². The Kier molecular flexibility index (Phi) is 2.28. The molecule has 13 heavy (non-hydrogen) atoms. The van der Waals surface area contributed by atoms with Crippen LogP contribution in [0.2, 0.25) is 0 Å². The van der Waals surface area contributed by atoms with E-state index in [1.54, 1.807) is 0 Å². The standard InChI is InChI=1S/C10H18N2O/c1-8(2)9-11-6-10(12-9)4-3-5-13-7-10/h8H,3-7H2,1-2H3,(H,11,12). The number of rotatable bonds is 1. The molecule has 3 nitrogen and oxygen atoms in total. The van der Waals surface area contributed by atoms with Gasteiger partial charge in [0.25, 0.3) is 0 Å². The predicted molar refractivity (Wildman–Crippen MR) is 53.1 cm³/mol. The van der Waals surface area contributed by atoms with Gasteiger partial charge in [-0.3, -0.25) is 4.99 Å². The molecule has 2 aliphatic rings. The van der Waals surface area contributed by atoms with Crippen LogP contribution in [-0.4, -0.2) is 31.1 Å². The van der Waals surface area contributed by atoms with Gasteiger partial charge in [-0.1, -0.05) is 13.8 Å². The molecule has 0 radical (unpaired) electrons. The highest BCUT2D eigenvalue weighted by Crippen LogP contribution is 2.26. The number of hydrogen-bond donors (Lipinski definition) is 1. The van der Waals surface area contributed by atoms with Crippen molar-refractivity contribution in [2.45, 2.75) is 32.2 Å². The van der Waals surface area contributed by atoms with Gasteiger partial charge in [0.05, 0.1) is 12.4 Å². The molecule has 2 heterocycles. The Morgan fingerprint density at radius 2 is 2.38 bits per heavy atom. The SMILES string of the molecule is CC(C)C1=NC2(CCCOC2)CN1. The average Bonchev–Trinajstić information content (AvgIpc) is 2.51. The van der Waals surface area contributed by atoms with Crippen LogP contribution in [0.3, 0.4) is 0 Å². The summed E-state index contributed by atoms with van der Waals surface area (Å²) in [4.78, 5) is 4.76. The van der Waals surface area contributed by atoms with Crippen LogP contribution in [0, 0.1) is 5.92 Å². The maximum Gasteiger partial charge on any atom is 0.103 e. The lowest BCUT2D eigenvalue weighted by molar-refractivity contribution is 0.0446. The van der Waals surface area contributed by atoms with Gasteiger partial charge in [-0.2, -0.15) is 0 Å². The first-order chi connectivity index (χ1) is 6.22.